The van der Waals surface area contributed by atoms with Crippen LogP contribution in [0, 0.1) is 0 Å². The fraction of sp³-hybridized carbons (Fsp3) is 0.200. The molecule has 0 saturated heterocycles. The van der Waals surface area contributed by atoms with Crippen LogP contribution in [0.5, 0.6) is 0 Å². The normalized spacial score (nSPS) is 10.2. The molecule has 5 N–H and O–H groups in total. The first-order valence-electron chi connectivity index (χ1n) is 6.47. The molecule has 5 nitrogen and oxygen atoms in total. The summed E-state index contributed by atoms with van der Waals surface area (Å²) in [6, 6.07) is 9.13. The number of nitrogens with two attached hydrogens (primary N) is 2. The van der Waals surface area contributed by atoms with Crippen LogP contribution in [0.3, 0.4) is 0 Å². The van der Waals surface area contributed by atoms with Gasteiger partial charge in [-0.2, -0.15) is 0 Å². The number of carbonyl (C=O) groups excluding carboxylic acids is 1. The molecular formula is C15H18N4O. The SMILES string of the molecule is CCc1cccnc1CNc1ccc(N)c(C(N)=O)c1. The van der Waals surface area contributed by atoms with E-state index in [1.54, 1.807) is 18.3 Å². The molecule has 0 fully saturated rings. The number of carbonyl (C=O) groups is 1. The molecule has 1 heterocycles. The molecule has 0 aliphatic heterocycles. The molecule has 0 spiro atoms. The molecule has 1 aromatic carbocycles. The quantitative estimate of drug-likeness (QED) is 0.724. The van der Waals surface area contributed by atoms with Crippen molar-refractivity contribution in [2.24, 2.45) is 5.73 Å². The van der Waals surface area contributed by atoms with Crippen molar-refractivity contribution in [2.75, 3.05) is 11.1 Å². The van der Waals surface area contributed by atoms with Crippen LogP contribution in [-0.4, -0.2) is 10.9 Å². The van der Waals surface area contributed by atoms with E-state index in [-0.39, 0.29) is 0 Å². The monoisotopic (exact) mass is 270 g/mol. The topological polar surface area (TPSA) is 94.0 Å². The van der Waals surface area contributed by atoms with E-state index >= 15 is 0 Å². The standard InChI is InChI=1S/C15H18N4O/c1-2-10-4-3-7-18-14(10)9-19-11-5-6-13(16)12(8-11)15(17)20/h3-8,19H,2,9,16H2,1H3,(H2,17,20). The van der Waals surface area contributed by atoms with Crippen molar-refractivity contribution in [3.05, 3.63) is 53.3 Å². The van der Waals surface area contributed by atoms with Gasteiger partial charge in [-0.3, -0.25) is 9.78 Å². The number of nitrogens with zero attached hydrogens (tertiary/aromatic N) is 1. The summed E-state index contributed by atoms with van der Waals surface area (Å²) >= 11 is 0. The Labute approximate surface area is 118 Å². The third-order valence-electron chi connectivity index (χ3n) is 3.14. The molecule has 0 aliphatic rings. The summed E-state index contributed by atoms with van der Waals surface area (Å²) in [6.07, 6.45) is 2.70. The van der Waals surface area contributed by atoms with Gasteiger partial charge < -0.3 is 16.8 Å². The molecule has 0 aliphatic carbocycles. The van der Waals surface area contributed by atoms with E-state index in [9.17, 15) is 4.79 Å². The van der Waals surface area contributed by atoms with E-state index in [0.29, 0.717) is 17.8 Å². The lowest BCUT2D eigenvalue weighted by molar-refractivity contribution is 0.100. The van der Waals surface area contributed by atoms with Crippen molar-refractivity contribution in [2.45, 2.75) is 19.9 Å². The first-order chi connectivity index (χ1) is 9.61. The molecule has 1 amide bonds. The molecule has 20 heavy (non-hydrogen) atoms. The summed E-state index contributed by atoms with van der Waals surface area (Å²) in [5.74, 6) is -0.529. The summed E-state index contributed by atoms with van der Waals surface area (Å²) in [6.45, 7) is 2.68. The Morgan fingerprint density at radius 3 is 2.85 bits per heavy atom. The second-order valence-electron chi connectivity index (χ2n) is 4.48. The molecule has 0 bridgehead atoms. The molecule has 0 saturated carbocycles. The maximum atomic E-state index is 11.3. The van der Waals surface area contributed by atoms with Crippen LogP contribution in [0.2, 0.25) is 0 Å². The lowest BCUT2D eigenvalue weighted by atomic mass is 10.1. The summed E-state index contributed by atoms with van der Waals surface area (Å²) in [5.41, 5.74) is 14.7. The van der Waals surface area contributed by atoms with Crippen LogP contribution in [0.4, 0.5) is 11.4 Å². The molecule has 2 rings (SSSR count). The van der Waals surface area contributed by atoms with Gasteiger partial charge in [-0.1, -0.05) is 13.0 Å². The van der Waals surface area contributed by atoms with E-state index in [4.69, 9.17) is 11.5 Å². The number of nitrogens with one attached hydrogen (secondary N) is 1. The number of anilines is 2. The Kier molecular flexibility index (Phi) is 4.20. The van der Waals surface area contributed by atoms with Crippen LogP contribution in [0.15, 0.2) is 36.5 Å². The third kappa shape index (κ3) is 3.06. The minimum atomic E-state index is -0.529. The summed E-state index contributed by atoms with van der Waals surface area (Å²) in [5, 5.41) is 3.23. The van der Waals surface area contributed by atoms with E-state index in [1.165, 1.54) is 5.56 Å². The fourth-order valence-corrected chi connectivity index (χ4v) is 2.02. The lowest BCUT2D eigenvalue weighted by Crippen LogP contribution is -2.14. The Hall–Kier alpha value is -2.56. The van der Waals surface area contributed by atoms with Crippen LogP contribution < -0.4 is 16.8 Å². The van der Waals surface area contributed by atoms with Gasteiger partial charge in [0.15, 0.2) is 0 Å². The highest BCUT2D eigenvalue weighted by molar-refractivity contribution is 5.98. The minimum absolute atomic E-state index is 0.326. The van der Waals surface area contributed by atoms with Crippen molar-refractivity contribution in [3.8, 4) is 0 Å². The van der Waals surface area contributed by atoms with Gasteiger partial charge >= 0.3 is 0 Å². The van der Waals surface area contributed by atoms with Crippen molar-refractivity contribution in [3.63, 3.8) is 0 Å². The van der Waals surface area contributed by atoms with E-state index in [1.807, 2.05) is 12.1 Å². The van der Waals surface area contributed by atoms with Gasteiger partial charge in [0.05, 0.1) is 17.8 Å². The second-order valence-corrected chi connectivity index (χ2v) is 4.48. The Morgan fingerprint density at radius 1 is 1.35 bits per heavy atom. The molecule has 0 unspecified atom stereocenters. The van der Waals surface area contributed by atoms with Crippen molar-refractivity contribution < 1.29 is 4.79 Å². The van der Waals surface area contributed by atoms with Gasteiger partial charge in [-0.05, 0) is 36.2 Å². The van der Waals surface area contributed by atoms with E-state index in [2.05, 4.69) is 23.3 Å². The third-order valence-corrected chi connectivity index (χ3v) is 3.14. The molecule has 5 heteroatoms. The Bertz CT molecular complexity index is 625. The highest BCUT2D eigenvalue weighted by atomic mass is 16.1. The van der Waals surface area contributed by atoms with Gasteiger partial charge in [0.25, 0.3) is 5.91 Å². The average Bonchev–Trinajstić information content (AvgIpc) is 2.46. The number of pyridine rings is 1. The van der Waals surface area contributed by atoms with Gasteiger partial charge in [-0.15, -0.1) is 0 Å². The van der Waals surface area contributed by atoms with Gasteiger partial charge in [0.1, 0.15) is 0 Å². The largest absolute Gasteiger partial charge is 0.398 e. The van der Waals surface area contributed by atoms with Crippen LogP contribution in [0.1, 0.15) is 28.5 Å². The highest BCUT2D eigenvalue weighted by Crippen LogP contribution is 2.18. The molecule has 104 valence electrons. The molecular weight excluding hydrogens is 252 g/mol. The number of primary amides is 1. The molecule has 0 radical (unpaired) electrons. The number of amides is 1. The minimum Gasteiger partial charge on any atom is -0.398 e. The highest BCUT2D eigenvalue weighted by Gasteiger charge is 2.07. The fourth-order valence-electron chi connectivity index (χ4n) is 2.02. The Balaban J connectivity index is 2.15. The number of benzene rings is 1. The van der Waals surface area contributed by atoms with Crippen LogP contribution in [0.25, 0.3) is 0 Å². The zero-order valence-corrected chi connectivity index (χ0v) is 11.4. The van der Waals surface area contributed by atoms with E-state index in [0.717, 1.165) is 17.8 Å². The smallest absolute Gasteiger partial charge is 0.250 e. The molecule has 2 aromatic rings. The van der Waals surface area contributed by atoms with Crippen molar-refractivity contribution in [1.29, 1.82) is 0 Å². The van der Waals surface area contributed by atoms with Crippen molar-refractivity contribution >= 4 is 17.3 Å². The maximum absolute atomic E-state index is 11.3. The molecule has 0 atom stereocenters. The number of rotatable bonds is 5. The number of aromatic nitrogens is 1. The van der Waals surface area contributed by atoms with E-state index < -0.39 is 5.91 Å². The zero-order chi connectivity index (χ0) is 14.5. The summed E-state index contributed by atoms with van der Waals surface area (Å²) in [7, 11) is 0. The predicted molar refractivity (Wildman–Crippen MR) is 80.3 cm³/mol. The van der Waals surface area contributed by atoms with Crippen molar-refractivity contribution in [1.82, 2.24) is 4.98 Å². The number of hydrogen-bond donors (Lipinski definition) is 3. The number of aryl methyl sites for hydroxylation is 1. The zero-order valence-electron chi connectivity index (χ0n) is 11.4. The number of hydrogen-bond acceptors (Lipinski definition) is 4. The first kappa shape index (κ1) is 13.9. The maximum Gasteiger partial charge on any atom is 0.250 e. The van der Waals surface area contributed by atoms with Crippen LogP contribution >= 0.6 is 0 Å². The summed E-state index contributed by atoms with van der Waals surface area (Å²) in [4.78, 5) is 15.6. The van der Waals surface area contributed by atoms with Gasteiger partial charge in [0.2, 0.25) is 0 Å². The first-order valence-corrected chi connectivity index (χ1v) is 6.47. The molecule has 1 aromatic heterocycles. The second kappa shape index (κ2) is 6.06. The van der Waals surface area contributed by atoms with Crippen LogP contribution in [-0.2, 0) is 13.0 Å². The predicted octanol–water partition coefficient (Wildman–Crippen LogP) is 1.94. The van der Waals surface area contributed by atoms with Gasteiger partial charge in [-0.25, -0.2) is 0 Å². The number of nitrogen functional groups attached to an aromatic ring is 1. The average molecular weight is 270 g/mol. The van der Waals surface area contributed by atoms with Gasteiger partial charge in [0, 0.05) is 17.6 Å². The summed E-state index contributed by atoms with van der Waals surface area (Å²) < 4.78 is 0. The Morgan fingerprint density at radius 2 is 2.15 bits per heavy atom. The lowest BCUT2D eigenvalue weighted by Gasteiger charge is -2.11.